The number of anilines is 1. The van der Waals surface area contributed by atoms with E-state index in [9.17, 15) is 13.2 Å². The Morgan fingerprint density at radius 3 is 2.16 bits per heavy atom. The van der Waals surface area contributed by atoms with Gasteiger partial charge in [-0.2, -0.15) is 4.31 Å². The maximum atomic E-state index is 12.8. The number of nitrogens with one attached hydrogen (secondary N) is 1. The Morgan fingerprint density at radius 1 is 0.935 bits per heavy atom. The Hall–Kier alpha value is -2.90. The van der Waals surface area contributed by atoms with E-state index in [1.54, 1.807) is 26.3 Å². The molecule has 1 atom stereocenters. The summed E-state index contributed by atoms with van der Waals surface area (Å²) in [6.07, 6.45) is 0. The summed E-state index contributed by atoms with van der Waals surface area (Å²) >= 11 is 0. The van der Waals surface area contributed by atoms with Crippen molar-refractivity contribution in [1.82, 2.24) is 4.31 Å². The first-order valence-corrected chi connectivity index (χ1v) is 11.5. The molecule has 6 nitrogen and oxygen atoms in total. The fourth-order valence-corrected chi connectivity index (χ4v) is 4.56. The summed E-state index contributed by atoms with van der Waals surface area (Å²) in [6.45, 7) is 5.48. The Morgan fingerprint density at radius 2 is 1.55 bits per heavy atom. The molecule has 0 aliphatic rings. The second kappa shape index (κ2) is 9.08. The first-order chi connectivity index (χ1) is 14.6. The number of carbonyl (C=O) groups is 1. The van der Waals surface area contributed by atoms with Crippen molar-refractivity contribution < 1.29 is 17.9 Å². The zero-order chi connectivity index (χ0) is 22.8. The number of carbonyl (C=O) groups excluding carboxylic acids is 1. The first-order valence-electron chi connectivity index (χ1n) is 10.1. The van der Waals surface area contributed by atoms with Crippen LogP contribution in [0, 0.1) is 0 Å². The molecule has 0 aromatic heterocycles. The lowest BCUT2D eigenvalue weighted by atomic mass is 9.97. The highest BCUT2D eigenvalue weighted by atomic mass is 32.2. The van der Waals surface area contributed by atoms with E-state index in [-0.39, 0.29) is 22.8 Å². The van der Waals surface area contributed by atoms with E-state index in [1.165, 1.54) is 16.4 Å². The van der Waals surface area contributed by atoms with E-state index in [1.807, 2.05) is 57.2 Å². The minimum absolute atomic E-state index is 0.145. The highest BCUT2D eigenvalue weighted by Crippen LogP contribution is 2.26. The summed E-state index contributed by atoms with van der Waals surface area (Å²) < 4.78 is 31.7. The lowest BCUT2D eigenvalue weighted by molar-refractivity contribution is -0.117. The minimum atomic E-state index is -3.56. The molecule has 0 fully saturated rings. The Bertz CT molecular complexity index is 1190. The molecule has 31 heavy (non-hydrogen) atoms. The molecule has 0 heterocycles. The molecule has 0 bridgehead atoms. The number of benzene rings is 3. The third kappa shape index (κ3) is 4.89. The van der Waals surface area contributed by atoms with Gasteiger partial charge in [0, 0.05) is 18.8 Å². The van der Waals surface area contributed by atoms with Crippen molar-refractivity contribution in [2.75, 3.05) is 19.5 Å². The predicted octanol–water partition coefficient (Wildman–Crippen LogP) is 4.62. The molecule has 0 aliphatic carbocycles. The van der Waals surface area contributed by atoms with Gasteiger partial charge in [-0.05, 0) is 73.5 Å². The van der Waals surface area contributed by atoms with Gasteiger partial charge >= 0.3 is 0 Å². The van der Waals surface area contributed by atoms with Crippen molar-refractivity contribution in [3.05, 3.63) is 66.2 Å². The van der Waals surface area contributed by atoms with Crippen LogP contribution in [0.25, 0.3) is 10.8 Å². The molecule has 0 aliphatic heterocycles. The first kappa shape index (κ1) is 22.8. The molecule has 0 spiro atoms. The van der Waals surface area contributed by atoms with Crippen LogP contribution in [0.5, 0.6) is 5.75 Å². The van der Waals surface area contributed by atoms with Crippen molar-refractivity contribution >= 4 is 32.4 Å². The van der Waals surface area contributed by atoms with Crippen LogP contribution in [0.15, 0.2) is 65.6 Å². The maximum Gasteiger partial charge on any atom is 0.243 e. The number of hydrogen-bond acceptors (Lipinski definition) is 4. The van der Waals surface area contributed by atoms with Crippen molar-refractivity contribution in [2.45, 2.75) is 37.6 Å². The number of fused-ring (bicyclic) bond motifs is 1. The molecule has 0 unspecified atom stereocenters. The van der Waals surface area contributed by atoms with E-state index in [2.05, 4.69) is 5.32 Å². The molecular weight excluding hydrogens is 412 g/mol. The monoisotopic (exact) mass is 440 g/mol. The van der Waals surface area contributed by atoms with Crippen molar-refractivity contribution in [3.63, 3.8) is 0 Å². The van der Waals surface area contributed by atoms with Gasteiger partial charge in [-0.25, -0.2) is 8.42 Å². The standard InChI is InChI=1S/C24H28N2O4S/c1-16(2)26(4)31(28,29)23-12-9-21(10-13-23)25-24(27)17(3)18-6-7-20-15-22(30-5)11-8-19(20)14-18/h6-17H,1-5H3,(H,25,27)/t17-/m0/s1. The second-order valence-electron chi connectivity index (χ2n) is 7.82. The highest BCUT2D eigenvalue weighted by Gasteiger charge is 2.23. The van der Waals surface area contributed by atoms with E-state index < -0.39 is 10.0 Å². The zero-order valence-electron chi connectivity index (χ0n) is 18.4. The second-order valence-corrected chi connectivity index (χ2v) is 9.82. The summed E-state index contributed by atoms with van der Waals surface area (Å²) in [6, 6.07) is 17.8. The van der Waals surface area contributed by atoms with E-state index in [0.29, 0.717) is 5.69 Å². The maximum absolute atomic E-state index is 12.8. The van der Waals surface area contributed by atoms with Crippen LogP contribution in [0.2, 0.25) is 0 Å². The van der Waals surface area contributed by atoms with E-state index in [4.69, 9.17) is 4.74 Å². The molecule has 0 saturated carbocycles. The minimum Gasteiger partial charge on any atom is -0.497 e. The summed E-state index contributed by atoms with van der Waals surface area (Å²) in [5.74, 6) is 0.251. The molecule has 1 amide bonds. The largest absolute Gasteiger partial charge is 0.497 e. The number of amides is 1. The Kier molecular flexibility index (Phi) is 6.67. The molecule has 7 heteroatoms. The van der Waals surface area contributed by atoms with Crippen LogP contribution >= 0.6 is 0 Å². The van der Waals surface area contributed by atoms with Gasteiger partial charge in [0.05, 0.1) is 17.9 Å². The van der Waals surface area contributed by atoms with Gasteiger partial charge in [0.15, 0.2) is 0 Å². The lowest BCUT2D eigenvalue weighted by Crippen LogP contribution is -2.33. The molecule has 3 rings (SSSR count). The van der Waals surface area contributed by atoms with Gasteiger partial charge < -0.3 is 10.1 Å². The molecular formula is C24H28N2O4S. The number of hydrogen-bond donors (Lipinski definition) is 1. The fraction of sp³-hybridized carbons (Fsp3) is 0.292. The smallest absolute Gasteiger partial charge is 0.243 e. The lowest BCUT2D eigenvalue weighted by Gasteiger charge is -2.21. The van der Waals surface area contributed by atoms with Crippen LogP contribution in [-0.4, -0.2) is 38.8 Å². The summed E-state index contributed by atoms with van der Waals surface area (Å²) in [7, 11) is -0.373. The van der Waals surface area contributed by atoms with Gasteiger partial charge in [-0.3, -0.25) is 4.79 Å². The Labute approximate surface area is 183 Å². The highest BCUT2D eigenvalue weighted by molar-refractivity contribution is 7.89. The van der Waals surface area contributed by atoms with Gasteiger partial charge in [0.1, 0.15) is 5.75 Å². The number of sulfonamides is 1. The molecule has 0 radical (unpaired) electrons. The molecule has 164 valence electrons. The quantitative estimate of drug-likeness (QED) is 0.582. The third-order valence-electron chi connectivity index (χ3n) is 5.49. The van der Waals surface area contributed by atoms with Crippen LogP contribution in [-0.2, 0) is 14.8 Å². The number of ether oxygens (including phenoxy) is 1. The van der Waals surface area contributed by atoms with Crippen molar-refractivity contribution in [3.8, 4) is 5.75 Å². The molecule has 3 aromatic rings. The van der Waals surface area contributed by atoms with Crippen LogP contribution in [0.3, 0.4) is 0 Å². The Balaban J connectivity index is 1.74. The predicted molar refractivity (Wildman–Crippen MR) is 124 cm³/mol. The van der Waals surface area contributed by atoms with Crippen LogP contribution < -0.4 is 10.1 Å². The van der Waals surface area contributed by atoms with E-state index >= 15 is 0 Å². The average Bonchev–Trinajstić information content (AvgIpc) is 2.77. The zero-order valence-corrected chi connectivity index (χ0v) is 19.2. The van der Waals surface area contributed by atoms with Gasteiger partial charge in [-0.1, -0.05) is 24.3 Å². The summed E-state index contributed by atoms with van der Waals surface area (Å²) in [5.41, 5.74) is 1.45. The summed E-state index contributed by atoms with van der Waals surface area (Å²) in [4.78, 5) is 13.0. The number of methoxy groups -OCH3 is 1. The van der Waals surface area contributed by atoms with Gasteiger partial charge in [-0.15, -0.1) is 0 Å². The van der Waals surface area contributed by atoms with Crippen LogP contribution in [0.1, 0.15) is 32.3 Å². The third-order valence-corrected chi connectivity index (χ3v) is 7.54. The fourth-order valence-electron chi connectivity index (χ4n) is 3.19. The van der Waals surface area contributed by atoms with E-state index in [0.717, 1.165) is 22.1 Å². The average molecular weight is 441 g/mol. The van der Waals surface area contributed by atoms with Crippen molar-refractivity contribution in [1.29, 1.82) is 0 Å². The van der Waals surface area contributed by atoms with Crippen molar-refractivity contribution in [2.24, 2.45) is 0 Å². The normalized spacial score (nSPS) is 12.9. The van der Waals surface area contributed by atoms with Gasteiger partial charge in [0.25, 0.3) is 0 Å². The molecule has 0 saturated heterocycles. The topological polar surface area (TPSA) is 75.7 Å². The number of rotatable bonds is 7. The molecule has 1 N–H and O–H groups in total. The molecule has 3 aromatic carbocycles. The van der Waals surface area contributed by atoms with Crippen LogP contribution in [0.4, 0.5) is 5.69 Å². The number of nitrogens with zero attached hydrogens (tertiary/aromatic N) is 1. The van der Waals surface area contributed by atoms with Gasteiger partial charge in [0.2, 0.25) is 15.9 Å². The summed E-state index contributed by atoms with van der Waals surface area (Å²) in [5, 5.41) is 4.94. The SMILES string of the molecule is COc1ccc2cc([C@H](C)C(=O)Nc3ccc(S(=O)(=O)N(C)C(C)C)cc3)ccc2c1.